The molecule has 0 fully saturated rings. The highest BCUT2D eigenvalue weighted by molar-refractivity contribution is 7.92. The molecule has 0 heterocycles. The van der Waals surface area contributed by atoms with Gasteiger partial charge in [-0.25, -0.2) is 21.6 Å². The molecule has 0 radical (unpaired) electrons. The van der Waals surface area contributed by atoms with E-state index in [9.17, 15) is 21.6 Å². The van der Waals surface area contributed by atoms with E-state index in [0.29, 0.717) is 0 Å². The number of sulfonamides is 1. The Kier molecular flexibility index (Phi) is 5.11. The summed E-state index contributed by atoms with van der Waals surface area (Å²) in [6, 6.07) is 0. The molecule has 0 aromatic heterocycles. The van der Waals surface area contributed by atoms with Crippen LogP contribution in [0.4, 0.5) is 0 Å². The van der Waals surface area contributed by atoms with E-state index < -0.39 is 42.8 Å². The Hall–Kier alpha value is -0.670. The predicted octanol–water partition coefficient (Wildman–Crippen LogP) is -0.796. The van der Waals surface area contributed by atoms with Crippen LogP contribution in [0.25, 0.3) is 0 Å². The summed E-state index contributed by atoms with van der Waals surface area (Å²) >= 11 is 0. The monoisotopic (exact) mass is 287 g/mol. The van der Waals surface area contributed by atoms with Crippen LogP contribution in [0.15, 0.2) is 0 Å². The third-order valence-electron chi connectivity index (χ3n) is 2.31. The van der Waals surface area contributed by atoms with Crippen molar-refractivity contribution in [1.82, 2.24) is 4.72 Å². The van der Waals surface area contributed by atoms with Crippen molar-refractivity contribution < 1.29 is 26.7 Å². The van der Waals surface area contributed by atoms with Gasteiger partial charge in [0.25, 0.3) is 0 Å². The van der Waals surface area contributed by atoms with Crippen LogP contribution in [0.2, 0.25) is 0 Å². The Morgan fingerprint density at radius 1 is 1.24 bits per heavy atom. The summed E-state index contributed by atoms with van der Waals surface area (Å²) in [5.74, 6) is -1.79. The summed E-state index contributed by atoms with van der Waals surface area (Å²) in [5, 5.41) is 8.35. The molecule has 7 nitrogen and oxygen atoms in total. The van der Waals surface area contributed by atoms with Gasteiger partial charge in [-0.15, -0.1) is 0 Å². The van der Waals surface area contributed by atoms with E-state index in [0.717, 1.165) is 6.26 Å². The summed E-state index contributed by atoms with van der Waals surface area (Å²) in [4.78, 5) is 10.2. The summed E-state index contributed by atoms with van der Waals surface area (Å²) in [6.07, 6.45) is 0.493. The van der Waals surface area contributed by atoms with Crippen molar-refractivity contribution >= 4 is 25.8 Å². The Labute approximate surface area is 101 Å². The first kappa shape index (κ1) is 16.3. The van der Waals surface area contributed by atoms with Crippen molar-refractivity contribution in [2.24, 2.45) is 0 Å². The number of carboxylic acid groups (broad SMARTS) is 1. The molecule has 0 amide bonds. The van der Waals surface area contributed by atoms with Gasteiger partial charge in [0.05, 0.1) is 16.9 Å². The SMILES string of the molecule is CC(C)(CNS(=O)(=O)CCC(=O)O)S(C)(=O)=O. The molecule has 0 aliphatic carbocycles. The van der Waals surface area contributed by atoms with Gasteiger partial charge in [0.2, 0.25) is 10.0 Å². The molecule has 0 bridgehead atoms. The molecule has 0 saturated heterocycles. The summed E-state index contributed by atoms with van der Waals surface area (Å²) in [7, 11) is -7.16. The normalized spacial score (nSPS) is 13.6. The Bertz CT molecular complexity index is 476. The first-order valence-electron chi connectivity index (χ1n) is 4.76. The van der Waals surface area contributed by atoms with Crippen molar-refractivity contribution in [3.05, 3.63) is 0 Å². The largest absolute Gasteiger partial charge is 0.481 e. The summed E-state index contributed by atoms with van der Waals surface area (Å²) in [5.41, 5.74) is 0. The second-order valence-electron chi connectivity index (χ2n) is 4.32. The molecule has 9 heteroatoms. The molecule has 2 N–H and O–H groups in total. The van der Waals surface area contributed by atoms with Gasteiger partial charge in [-0.3, -0.25) is 4.79 Å². The molecule has 0 rings (SSSR count). The third kappa shape index (κ3) is 5.99. The maximum atomic E-state index is 11.3. The van der Waals surface area contributed by atoms with Crippen LogP contribution < -0.4 is 4.72 Å². The quantitative estimate of drug-likeness (QED) is 0.633. The van der Waals surface area contributed by atoms with E-state index >= 15 is 0 Å². The molecule has 0 unspecified atom stereocenters. The maximum Gasteiger partial charge on any atom is 0.304 e. The van der Waals surface area contributed by atoms with Crippen LogP contribution in [0.3, 0.4) is 0 Å². The molecule has 0 aliphatic heterocycles. The fourth-order valence-electron chi connectivity index (χ4n) is 0.709. The van der Waals surface area contributed by atoms with Crippen molar-refractivity contribution in [2.45, 2.75) is 25.0 Å². The Morgan fingerprint density at radius 2 is 1.71 bits per heavy atom. The fraction of sp³-hybridized carbons (Fsp3) is 0.875. The first-order chi connectivity index (χ1) is 7.37. The second kappa shape index (κ2) is 5.32. The van der Waals surface area contributed by atoms with Crippen LogP contribution in [0.1, 0.15) is 20.3 Å². The zero-order valence-corrected chi connectivity index (χ0v) is 11.6. The highest BCUT2D eigenvalue weighted by atomic mass is 32.2. The summed E-state index contributed by atoms with van der Waals surface area (Å²) < 4.78 is 46.2. The fourth-order valence-corrected chi connectivity index (χ4v) is 2.30. The number of aliphatic carboxylic acids is 1. The molecule has 0 aromatic carbocycles. The molecule has 17 heavy (non-hydrogen) atoms. The number of hydrogen-bond acceptors (Lipinski definition) is 5. The highest BCUT2D eigenvalue weighted by Crippen LogP contribution is 2.13. The summed E-state index contributed by atoms with van der Waals surface area (Å²) in [6.45, 7) is 2.50. The highest BCUT2D eigenvalue weighted by Gasteiger charge is 2.31. The van der Waals surface area contributed by atoms with E-state index in [4.69, 9.17) is 5.11 Å². The number of hydrogen-bond donors (Lipinski definition) is 2. The van der Waals surface area contributed by atoms with Crippen molar-refractivity contribution in [3.63, 3.8) is 0 Å². The van der Waals surface area contributed by atoms with E-state index in [1.54, 1.807) is 0 Å². The minimum Gasteiger partial charge on any atom is -0.481 e. The lowest BCUT2D eigenvalue weighted by Gasteiger charge is -2.22. The first-order valence-corrected chi connectivity index (χ1v) is 8.30. The Morgan fingerprint density at radius 3 is 2.06 bits per heavy atom. The van der Waals surface area contributed by atoms with Gasteiger partial charge >= 0.3 is 5.97 Å². The van der Waals surface area contributed by atoms with Crippen molar-refractivity contribution in [2.75, 3.05) is 18.6 Å². The molecule has 0 saturated carbocycles. The van der Waals surface area contributed by atoms with E-state index in [2.05, 4.69) is 4.72 Å². The van der Waals surface area contributed by atoms with Crippen molar-refractivity contribution in [3.8, 4) is 0 Å². The van der Waals surface area contributed by atoms with Gasteiger partial charge in [-0.2, -0.15) is 0 Å². The van der Waals surface area contributed by atoms with Crippen LogP contribution >= 0.6 is 0 Å². The van der Waals surface area contributed by atoms with Gasteiger partial charge in [-0.1, -0.05) is 0 Å². The third-order valence-corrected chi connectivity index (χ3v) is 5.78. The Balaban J connectivity index is 4.53. The van der Waals surface area contributed by atoms with E-state index in [1.165, 1.54) is 13.8 Å². The molecule has 0 spiro atoms. The lowest BCUT2D eigenvalue weighted by atomic mass is 10.2. The average Bonchev–Trinajstić information content (AvgIpc) is 2.11. The van der Waals surface area contributed by atoms with E-state index in [1.807, 2.05) is 0 Å². The lowest BCUT2D eigenvalue weighted by molar-refractivity contribution is -0.136. The van der Waals surface area contributed by atoms with Gasteiger partial charge < -0.3 is 5.11 Å². The van der Waals surface area contributed by atoms with Crippen LogP contribution in [0, 0.1) is 0 Å². The zero-order valence-electron chi connectivity index (χ0n) is 9.93. The van der Waals surface area contributed by atoms with E-state index in [-0.39, 0.29) is 6.54 Å². The molecule has 0 aliphatic rings. The smallest absolute Gasteiger partial charge is 0.304 e. The number of rotatable bonds is 7. The maximum absolute atomic E-state index is 11.3. The van der Waals surface area contributed by atoms with Gasteiger partial charge in [0.1, 0.15) is 0 Å². The number of sulfone groups is 1. The zero-order chi connectivity index (χ0) is 13.9. The van der Waals surface area contributed by atoms with Crippen LogP contribution in [0.5, 0.6) is 0 Å². The number of carbonyl (C=O) groups is 1. The predicted molar refractivity (Wildman–Crippen MR) is 63.0 cm³/mol. The minimum atomic E-state index is -3.77. The van der Waals surface area contributed by atoms with Gasteiger partial charge in [-0.05, 0) is 13.8 Å². The average molecular weight is 287 g/mol. The molecule has 102 valence electrons. The minimum absolute atomic E-state index is 0.284. The second-order valence-corrected chi connectivity index (χ2v) is 8.89. The van der Waals surface area contributed by atoms with Crippen LogP contribution in [-0.4, -0.2) is 51.2 Å². The molecular formula is C8H17NO6S2. The van der Waals surface area contributed by atoms with Gasteiger partial charge in [0.15, 0.2) is 9.84 Å². The molecule has 0 atom stereocenters. The topological polar surface area (TPSA) is 118 Å². The molecule has 0 aromatic rings. The molecular weight excluding hydrogens is 270 g/mol. The lowest BCUT2D eigenvalue weighted by Crippen LogP contribution is -2.44. The number of nitrogens with one attached hydrogen (secondary N) is 1. The van der Waals surface area contributed by atoms with Crippen molar-refractivity contribution in [1.29, 1.82) is 0 Å². The van der Waals surface area contributed by atoms with Crippen LogP contribution in [-0.2, 0) is 24.7 Å². The number of carboxylic acids is 1. The standard InChI is InChI=1S/C8H17NO6S2/c1-8(2,16(3,12)13)6-9-17(14,15)5-4-7(10)11/h9H,4-6H2,1-3H3,(H,10,11). The van der Waals surface area contributed by atoms with Gasteiger partial charge in [0, 0.05) is 12.8 Å².